The molecule has 7 heteroatoms. The number of nitriles is 1. The van der Waals surface area contributed by atoms with Crippen molar-refractivity contribution < 1.29 is 0 Å². The van der Waals surface area contributed by atoms with Gasteiger partial charge in [0.1, 0.15) is 0 Å². The van der Waals surface area contributed by atoms with Gasteiger partial charge in [-0.25, -0.2) is 4.68 Å². The number of benzene rings is 1. The molecule has 0 fully saturated rings. The second kappa shape index (κ2) is 6.14. The first-order chi connectivity index (χ1) is 8.83. The summed E-state index contributed by atoms with van der Waals surface area (Å²) < 4.78 is 1.68. The lowest BCUT2D eigenvalue weighted by atomic mass is 10.2. The third kappa shape index (κ3) is 3.06. The Kier molecular flexibility index (Phi) is 4.28. The molecule has 92 valence electrons. The lowest BCUT2D eigenvalue weighted by molar-refractivity contribution is 0.557. The van der Waals surface area contributed by atoms with Gasteiger partial charge in [-0.05, 0) is 28.1 Å². The summed E-state index contributed by atoms with van der Waals surface area (Å²) in [5.74, 6) is 0.723. The molecule has 18 heavy (non-hydrogen) atoms. The third-order valence-electron chi connectivity index (χ3n) is 2.26. The molecule has 0 aliphatic rings. The van der Waals surface area contributed by atoms with Crippen molar-refractivity contribution in [1.82, 2.24) is 20.2 Å². The lowest BCUT2D eigenvalue weighted by Gasteiger charge is -2.02. The third-order valence-corrected chi connectivity index (χ3v) is 3.29. The van der Waals surface area contributed by atoms with Crippen LogP contribution in [0.25, 0.3) is 0 Å². The highest BCUT2D eigenvalue weighted by atomic mass is 32.2. The fraction of sp³-hybridized carbons (Fsp3) is 0.273. The Balaban J connectivity index is 2.02. The van der Waals surface area contributed by atoms with Crippen LogP contribution in [-0.2, 0) is 12.3 Å². The van der Waals surface area contributed by atoms with Gasteiger partial charge in [0, 0.05) is 12.3 Å². The van der Waals surface area contributed by atoms with Crippen molar-refractivity contribution in [3.63, 3.8) is 0 Å². The SMILES string of the molecule is N#Cc1cccc(CSc2nnnn2CCN)c1. The number of rotatable bonds is 5. The Bertz CT molecular complexity index is 559. The summed E-state index contributed by atoms with van der Waals surface area (Å²) in [6.07, 6.45) is 0. The van der Waals surface area contributed by atoms with Gasteiger partial charge in [-0.2, -0.15) is 5.26 Å². The molecule has 0 aliphatic carbocycles. The summed E-state index contributed by atoms with van der Waals surface area (Å²) in [7, 11) is 0. The van der Waals surface area contributed by atoms with Crippen molar-refractivity contribution in [2.45, 2.75) is 17.5 Å². The minimum Gasteiger partial charge on any atom is -0.329 e. The molecule has 1 aromatic heterocycles. The van der Waals surface area contributed by atoms with E-state index in [9.17, 15) is 0 Å². The molecule has 0 bridgehead atoms. The molecular weight excluding hydrogens is 248 g/mol. The zero-order valence-electron chi connectivity index (χ0n) is 9.65. The summed E-state index contributed by atoms with van der Waals surface area (Å²) in [5.41, 5.74) is 7.20. The number of hydrogen-bond acceptors (Lipinski definition) is 6. The van der Waals surface area contributed by atoms with Crippen molar-refractivity contribution in [3.05, 3.63) is 35.4 Å². The molecule has 2 rings (SSSR count). The van der Waals surface area contributed by atoms with Crippen LogP contribution in [-0.4, -0.2) is 26.8 Å². The number of tetrazole rings is 1. The van der Waals surface area contributed by atoms with Crippen LogP contribution in [0.3, 0.4) is 0 Å². The van der Waals surface area contributed by atoms with Crippen LogP contribution in [0, 0.1) is 11.3 Å². The van der Waals surface area contributed by atoms with Gasteiger partial charge < -0.3 is 5.73 Å². The van der Waals surface area contributed by atoms with Crippen LogP contribution in [0.15, 0.2) is 29.4 Å². The highest BCUT2D eigenvalue weighted by Crippen LogP contribution is 2.20. The van der Waals surface area contributed by atoms with Crippen molar-refractivity contribution in [2.24, 2.45) is 5.73 Å². The summed E-state index contributed by atoms with van der Waals surface area (Å²) in [6.45, 7) is 1.11. The summed E-state index contributed by atoms with van der Waals surface area (Å²) in [4.78, 5) is 0. The van der Waals surface area contributed by atoms with Gasteiger partial charge in [0.15, 0.2) is 0 Å². The molecule has 0 saturated heterocycles. The van der Waals surface area contributed by atoms with Gasteiger partial charge in [0.25, 0.3) is 0 Å². The Morgan fingerprint density at radius 3 is 3.11 bits per heavy atom. The van der Waals surface area contributed by atoms with Gasteiger partial charge >= 0.3 is 0 Å². The van der Waals surface area contributed by atoms with Crippen LogP contribution in [0.4, 0.5) is 0 Å². The monoisotopic (exact) mass is 260 g/mol. The molecule has 6 nitrogen and oxygen atoms in total. The maximum Gasteiger partial charge on any atom is 0.209 e. The number of thioether (sulfide) groups is 1. The zero-order chi connectivity index (χ0) is 12.8. The number of aromatic nitrogens is 4. The summed E-state index contributed by atoms with van der Waals surface area (Å²) in [6, 6.07) is 9.62. The smallest absolute Gasteiger partial charge is 0.209 e. The van der Waals surface area contributed by atoms with E-state index in [0.29, 0.717) is 18.7 Å². The average molecular weight is 260 g/mol. The lowest BCUT2D eigenvalue weighted by Crippen LogP contribution is -2.12. The quantitative estimate of drug-likeness (QED) is 0.799. The van der Waals surface area contributed by atoms with E-state index in [0.717, 1.165) is 16.5 Å². The van der Waals surface area contributed by atoms with Crippen LogP contribution in [0.1, 0.15) is 11.1 Å². The van der Waals surface area contributed by atoms with Crippen molar-refractivity contribution in [1.29, 1.82) is 5.26 Å². The minimum atomic E-state index is 0.502. The molecule has 0 amide bonds. The molecule has 2 aromatic rings. The first kappa shape index (κ1) is 12.5. The predicted octanol–water partition coefficient (Wildman–Crippen LogP) is 0.796. The van der Waals surface area contributed by atoms with E-state index in [-0.39, 0.29) is 0 Å². The van der Waals surface area contributed by atoms with E-state index in [1.54, 1.807) is 10.7 Å². The predicted molar refractivity (Wildman–Crippen MR) is 67.6 cm³/mol. The molecule has 0 unspecified atom stereocenters. The number of hydrogen-bond donors (Lipinski definition) is 1. The fourth-order valence-corrected chi connectivity index (χ4v) is 2.29. The molecular formula is C11H12N6S. The molecule has 2 N–H and O–H groups in total. The van der Waals surface area contributed by atoms with Crippen molar-refractivity contribution in [2.75, 3.05) is 6.54 Å². The number of nitrogens with two attached hydrogens (primary N) is 1. The Labute approximate surface area is 109 Å². The first-order valence-corrected chi connectivity index (χ1v) is 6.40. The second-order valence-corrected chi connectivity index (χ2v) is 4.52. The zero-order valence-corrected chi connectivity index (χ0v) is 10.5. The largest absolute Gasteiger partial charge is 0.329 e. The molecule has 0 atom stereocenters. The van der Waals surface area contributed by atoms with Gasteiger partial charge in [0.2, 0.25) is 5.16 Å². The highest BCUT2D eigenvalue weighted by Gasteiger charge is 2.06. The van der Waals surface area contributed by atoms with E-state index >= 15 is 0 Å². The maximum absolute atomic E-state index is 8.82. The Hall–Kier alpha value is -1.91. The summed E-state index contributed by atoms with van der Waals surface area (Å²) >= 11 is 1.53. The topological polar surface area (TPSA) is 93.4 Å². The molecule has 1 heterocycles. The summed E-state index contributed by atoms with van der Waals surface area (Å²) in [5, 5.41) is 21.0. The number of nitrogens with zero attached hydrogens (tertiary/aromatic N) is 5. The second-order valence-electron chi connectivity index (χ2n) is 3.57. The van der Waals surface area contributed by atoms with Crippen molar-refractivity contribution in [3.8, 4) is 6.07 Å². The van der Waals surface area contributed by atoms with E-state index in [2.05, 4.69) is 21.6 Å². The first-order valence-electron chi connectivity index (χ1n) is 5.41. The molecule has 1 aromatic carbocycles. The van der Waals surface area contributed by atoms with Crippen LogP contribution in [0.2, 0.25) is 0 Å². The van der Waals surface area contributed by atoms with Gasteiger partial charge in [-0.15, -0.1) is 5.10 Å². The highest BCUT2D eigenvalue weighted by molar-refractivity contribution is 7.98. The fourth-order valence-electron chi connectivity index (χ4n) is 1.44. The molecule has 0 spiro atoms. The van der Waals surface area contributed by atoms with Crippen LogP contribution >= 0.6 is 11.8 Å². The standard InChI is InChI=1S/C11H12N6S/c12-4-5-17-11(14-15-16-17)18-8-10-3-1-2-9(6-10)7-13/h1-3,6H,4-5,8,12H2. The van der Waals surface area contributed by atoms with E-state index < -0.39 is 0 Å². The molecule has 0 aliphatic heterocycles. The maximum atomic E-state index is 8.82. The van der Waals surface area contributed by atoms with E-state index in [1.165, 1.54) is 11.8 Å². The van der Waals surface area contributed by atoms with Gasteiger partial charge in [0.05, 0.1) is 18.2 Å². The Morgan fingerprint density at radius 2 is 2.33 bits per heavy atom. The minimum absolute atomic E-state index is 0.502. The van der Waals surface area contributed by atoms with Crippen LogP contribution < -0.4 is 5.73 Å². The molecule has 0 radical (unpaired) electrons. The molecule has 0 saturated carbocycles. The van der Waals surface area contributed by atoms with E-state index in [1.807, 2.05) is 18.2 Å². The van der Waals surface area contributed by atoms with E-state index in [4.69, 9.17) is 11.0 Å². The normalized spacial score (nSPS) is 10.2. The van der Waals surface area contributed by atoms with Crippen LogP contribution in [0.5, 0.6) is 0 Å². The van der Waals surface area contributed by atoms with Crippen molar-refractivity contribution >= 4 is 11.8 Å². The average Bonchev–Trinajstić information content (AvgIpc) is 2.85. The Morgan fingerprint density at radius 1 is 1.44 bits per heavy atom. The van der Waals surface area contributed by atoms with Gasteiger partial charge in [-0.3, -0.25) is 0 Å². The van der Waals surface area contributed by atoms with Gasteiger partial charge in [-0.1, -0.05) is 23.9 Å².